The van der Waals surface area contributed by atoms with E-state index in [4.69, 9.17) is 0 Å². The molecule has 40 heavy (non-hydrogen) atoms. The second kappa shape index (κ2) is 7.20. The maximum atomic E-state index is 2.79. The van der Waals surface area contributed by atoms with E-state index in [1.54, 1.807) is 0 Å². The molecule has 192 valence electrons. The van der Waals surface area contributed by atoms with Crippen LogP contribution >= 0.6 is 0 Å². The van der Waals surface area contributed by atoms with Crippen LogP contribution < -0.4 is 9.47 Å². The molecule has 0 fully saturated rings. The lowest BCUT2D eigenvalue weighted by Gasteiger charge is -2.44. The maximum absolute atomic E-state index is 2.79. The molecule has 3 aliphatic heterocycles. The highest BCUT2D eigenvalue weighted by atomic mass is 15.4. The highest BCUT2D eigenvalue weighted by Crippen LogP contribution is 2.66. The SMILES string of the molecule is Cc1cc(C)c2c(c1)C1C3=C(c4ccccc4N1C21c2ccccc2-c2cccc[n+]21)c1ccccc1C3(C)C. The van der Waals surface area contributed by atoms with Gasteiger partial charge in [-0.25, -0.2) is 0 Å². The minimum absolute atomic E-state index is 0.106. The van der Waals surface area contributed by atoms with Crippen molar-refractivity contribution < 1.29 is 4.57 Å². The smallest absolute Gasteiger partial charge is 0.292 e. The third-order valence-corrected chi connectivity index (χ3v) is 10.1. The predicted molar refractivity (Wildman–Crippen MR) is 161 cm³/mol. The Labute approximate surface area is 235 Å². The van der Waals surface area contributed by atoms with Gasteiger partial charge in [-0.3, -0.25) is 4.90 Å². The molecule has 0 saturated heterocycles. The topological polar surface area (TPSA) is 7.12 Å². The number of anilines is 1. The molecule has 2 atom stereocenters. The minimum Gasteiger partial charge on any atom is -0.292 e. The van der Waals surface area contributed by atoms with Crippen LogP contribution in [0.1, 0.15) is 64.4 Å². The molecule has 1 aliphatic carbocycles. The van der Waals surface area contributed by atoms with Gasteiger partial charge < -0.3 is 0 Å². The summed E-state index contributed by atoms with van der Waals surface area (Å²) in [7, 11) is 0. The highest BCUT2D eigenvalue weighted by Gasteiger charge is 2.67. The van der Waals surface area contributed by atoms with Gasteiger partial charge >= 0.3 is 0 Å². The molecule has 0 amide bonds. The molecule has 2 nitrogen and oxygen atoms in total. The number of aromatic nitrogens is 1. The molecule has 9 rings (SSSR count). The number of aryl methyl sites for hydroxylation is 2. The van der Waals surface area contributed by atoms with Crippen LogP contribution in [-0.4, -0.2) is 0 Å². The number of pyridine rings is 1. The van der Waals surface area contributed by atoms with Crippen molar-refractivity contribution >= 4 is 11.3 Å². The first kappa shape index (κ1) is 22.4. The van der Waals surface area contributed by atoms with Crippen LogP contribution in [0.25, 0.3) is 16.8 Å². The molecule has 4 aliphatic rings. The zero-order valence-electron chi connectivity index (χ0n) is 23.4. The second-order valence-electron chi connectivity index (χ2n) is 12.5. The summed E-state index contributed by atoms with van der Waals surface area (Å²) in [6.07, 6.45) is 2.31. The summed E-state index contributed by atoms with van der Waals surface area (Å²) in [5, 5.41) is 0. The Bertz CT molecular complexity index is 1930. The monoisotopic (exact) mass is 515 g/mol. The van der Waals surface area contributed by atoms with Gasteiger partial charge in [-0.05, 0) is 71.5 Å². The number of hydrogen-bond acceptors (Lipinski definition) is 1. The van der Waals surface area contributed by atoms with Gasteiger partial charge in [0.25, 0.3) is 5.66 Å². The van der Waals surface area contributed by atoms with E-state index < -0.39 is 5.66 Å². The van der Waals surface area contributed by atoms with Crippen molar-refractivity contribution in [3.05, 3.63) is 159 Å². The Hall–Kier alpha value is -4.43. The van der Waals surface area contributed by atoms with E-state index in [1.165, 1.54) is 72.6 Å². The van der Waals surface area contributed by atoms with E-state index in [0.717, 1.165) is 0 Å². The highest BCUT2D eigenvalue weighted by molar-refractivity contribution is 5.99. The Morgan fingerprint density at radius 1 is 0.700 bits per heavy atom. The molecule has 2 heteroatoms. The molecule has 4 heterocycles. The average Bonchev–Trinajstić information content (AvgIpc) is 3.52. The minimum atomic E-state index is -0.482. The molecule has 4 aromatic carbocycles. The first-order valence-corrected chi connectivity index (χ1v) is 14.4. The lowest BCUT2D eigenvalue weighted by molar-refractivity contribution is -0.727. The average molecular weight is 516 g/mol. The van der Waals surface area contributed by atoms with Gasteiger partial charge in [0, 0.05) is 23.1 Å². The number of hydrogen-bond donors (Lipinski definition) is 0. The first-order valence-electron chi connectivity index (χ1n) is 14.4. The quantitative estimate of drug-likeness (QED) is 0.190. The molecular formula is C38H31N2+. The van der Waals surface area contributed by atoms with Crippen LogP contribution in [0.15, 0.2) is 115 Å². The van der Waals surface area contributed by atoms with Crippen molar-refractivity contribution in [2.45, 2.75) is 44.8 Å². The Kier molecular flexibility index (Phi) is 4.03. The van der Waals surface area contributed by atoms with Gasteiger partial charge in [-0.15, -0.1) is 0 Å². The fourth-order valence-electron chi connectivity index (χ4n) is 8.84. The Balaban J connectivity index is 1.51. The summed E-state index contributed by atoms with van der Waals surface area (Å²) in [5.41, 5.74) is 17.4. The predicted octanol–water partition coefficient (Wildman–Crippen LogP) is 7.99. The van der Waals surface area contributed by atoms with Crippen LogP contribution in [0, 0.1) is 13.8 Å². The number of fused-ring (bicyclic) bond motifs is 16. The summed E-state index contributed by atoms with van der Waals surface area (Å²) in [6.45, 7) is 9.47. The summed E-state index contributed by atoms with van der Waals surface area (Å²) >= 11 is 0. The zero-order valence-corrected chi connectivity index (χ0v) is 23.4. The number of rotatable bonds is 0. The molecule has 0 saturated carbocycles. The van der Waals surface area contributed by atoms with Crippen LogP contribution in [0.3, 0.4) is 0 Å². The molecule has 0 bridgehead atoms. The third kappa shape index (κ3) is 2.33. The van der Waals surface area contributed by atoms with Gasteiger partial charge in [-0.2, -0.15) is 4.57 Å². The van der Waals surface area contributed by atoms with E-state index in [2.05, 4.69) is 146 Å². The maximum Gasteiger partial charge on any atom is 0.299 e. The largest absolute Gasteiger partial charge is 0.299 e. The molecule has 1 spiro atoms. The van der Waals surface area contributed by atoms with Crippen molar-refractivity contribution in [3.8, 4) is 11.3 Å². The molecule has 1 aromatic heterocycles. The van der Waals surface area contributed by atoms with E-state index in [9.17, 15) is 0 Å². The lowest BCUT2D eigenvalue weighted by atomic mass is 9.74. The van der Waals surface area contributed by atoms with Crippen LogP contribution in [0.2, 0.25) is 0 Å². The third-order valence-electron chi connectivity index (χ3n) is 10.1. The fourth-order valence-corrected chi connectivity index (χ4v) is 8.84. The van der Waals surface area contributed by atoms with E-state index in [1.807, 2.05) is 0 Å². The van der Waals surface area contributed by atoms with Gasteiger partial charge in [0.15, 0.2) is 6.20 Å². The fraction of sp³-hybridized carbons (Fsp3) is 0.184. The van der Waals surface area contributed by atoms with Crippen LogP contribution in [-0.2, 0) is 11.1 Å². The summed E-state index contributed by atoms with van der Waals surface area (Å²) in [4.78, 5) is 2.79. The second-order valence-corrected chi connectivity index (χ2v) is 12.5. The van der Waals surface area contributed by atoms with Gasteiger partial charge in [0.2, 0.25) is 5.69 Å². The standard InChI is InChI=1S/C38H31N2/c1-23-21-24(2)34-28(22-23)36-35-33(26-14-6-8-16-29(26)37(35,3)4)27-15-7-10-19-32(27)40(36)38(34)30-17-9-5-13-25(30)31-18-11-12-20-39(31)38/h5-22,36H,1-4H3/q+1. The first-order chi connectivity index (χ1) is 19.5. The van der Waals surface area contributed by atoms with Crippen molar-refractivity contribution in [3.63, 3.8) is 0 Å². The Morgan fingerprint density at radius 2 is 1.38 bits per heavy atom. The summed E-state index contributed by atoms with van der Waals surface area (Å²) in [6, 6.07) is 39.0. The number of benzene rings is 4. The van der Waals surface area contributed by atoms with Gasteiger partial charge in [0.1, 0.15) is 0 Å². The summed E-state index contributed by atoms with van der Waals surface area (Å²) < 4.78 is 2.57. The Morgan fingerprint density at radius 3 is 2.20 bits per heavy atom. The van der Waals surface area contributed by atoms with Crippen molar-refractivity contribution in [2.75, 3.05) is 4.90 Å². The van der Waals surface area contributed by atoms with Crippen molar-refractivity contribution in [2.24, 2.45) is 0 Å². The van der Waals surface area contributed by atoms with Crippen molar-refractivity contribution in [1.82, 2.24) is 0 Å². The van der Waals surface area contributed by atoms with Gasteiger partial charge in [0.05, 0.1) is 28.4 Å². The molecular weight excluding hydrogens is 484 g/mol. The molecule has 5 aromatic rings. The number of nitrogens with zero attached hydrogens (tertiary/aromatic N) is 2. The lowest BCUT2D eigenvalue weighted by Crippen LogP contribution is -2.64. The van der Waals surface area contributed by atoms with E-state index in [-0.39, 0.29) is 11.5 Å². The summed E-state index contributed by atoms with van der Waals surface area (Å²) in [5.74, 6) is 0. The van der Waals surface area contributed by atoms with Gasteiger partial charge in [-0.1, -0.05) is 86.1 Å². The van der Waals surface area contributed by atoms with E-state index >= 15 is 0 Å². The molecule has 2 unspecified atom stereocenters. The normalized spacial score (nSPS) is 21.9. The zero-order chi connectivity index (χ0) is 27.0. The number of para-hydroxylation sites is 1. The van der Waals surface area contributed by atoms with Crippen molar-refractivity contribution in [1.29, 1.82) is 0 Å². The van der Waals surface area contributed by atoms with Crippen LogP contribution in [0.4, 0.5) is 5.69 Å². The van der Waals surface area contributed by atoms with Crippen LogP contribution in [0.5, 0.6) is 0 Å². The van der Waals surface area contributed by atoms with E-state index in [0.29, 0.717) is 0 Å². The molecule has 0 N–H and O–H groups in total. The molecule has 0 radical (unpaired) electrons.